The highest BCUT2D eigenvalue weighted by Crippen LogP contribution is 2.19. The summed E-state index contributed by atoms with van der Waals surface area (Å²) in [7, 11) is 0. The summed E-state index contributed by atoms with van der Waals surface area (Å²) in [6.45, 7) is 6.09. The Morgan fingerprint density at radius 1 is 1.18 bits per heavy atom. The van der Waals surface area contributed by atoms with E-state index in [0.717, 1.165) is 19.6 Å². The van der Waals surface area contributed by atoms with Gasteiger partial charge in [-0.25, -0.2) is 4.39 Å². The van der Waals surface area contributed by atoms with Gasteiger partial charge >= 0.3 is 11.8 Å². The largest absolute Gasteiger partial charge is 0.412 e. The first-order valence-electron chi connectivity index (χ1n) is 7.28. The smallest absolute Gasteiger partial charge is 0.311 e. The summed E-state index contributed by atoms with van der Waals surface area (Å²) in [6.07, 6.45) is 0. The van der Waals surface area contributed by atoms with Crippen molar-refractivity contribution in [2.24, 2.45) is 0 Å². The van der Waals surface area contributed by atoms with Crippen LogP contribution < -0.4 is 0 Å². The van der Waals surface area contributed by atoms with Crippen LogP contribution in [0.15, 0.2) is 28.7 Å². The molecule has 0 spiro atoms. The Balaban J connectivity index is 1.71. The topological polar surface area (TPSA) is 62.5 Å². The first kappa shape index (κ1) is 14.6. The minimum atomic E-state index is -0.339. The van der Waals surface area contributed by atoms with E-state index in [0.29, 0.717) is 18.7 Å². The maximum Gasteiger partial charge on any atom is 0.311 e. The van der Waals surface area contributed by atoms with E-state index in [4.69, 9.17) is 4.42 Å². The average molecular weight is 304 g/mol. The molecular weight excluding hydrogens is 287 g/mol. The highest BCUT2D eigenvalue weighted by Gasteiger charge is 2.25. The molecular formula is C15H17FN4O2. The van der Waals surface area contributed by atoms with Crippen molar-refractivity contribution in [1.82, 2.24) is 20.0 Å². The van der Waals surface area contributed by atoms with Gasteiger partial charge in [0.1, 0.15) is 5.82 Å². The van der Waals surface area contributed by atoms with Gasteiger partial charge in [-0.15, -0.1) is 10.2 Å². The molecule has 116 valence electrons. The molecule has 6 nitrogen and oxygen atoms in total. The maximum absolute atomic E-state index is 12.9. The third-order valence-electron chi connectivity index (χ3n) is 3.81. The number of nitrogens with zero attached hydrogens (tertiary/aromatic N) is 4. The predicted molar refractivity (Wildman–Crippen MR) is 77.7 cm³/mol. The number of halogens is 1. The number of hydrogen-bond acceptors (Lipinski definition) is 5. The van der Waals surface area contributed by atoms with Crippen molar-refractivity contribution in [1.29, 1.82) is 0 Å². The zero-order valence-electron chi connectivity index (χ0n) is 12.3. The zero-order chi connectivity index (χ0) is 15.5. The fourth-order valence-electron chi connectivity index (χ4n) is 2.42. The van der Waals surface area contributed by atoms with Crippen LogP contribution in [0.4, 0.5) is 4.39 Å². The summed E-state index contributed by atoms with van der Waals surface area (Å²) in [4.78, 5) is 16.3. The standard InChI is InChI=1S/C15H17FN4O2/c1-2-19-7-9-20(10-8-19)15(21)14-18-17-13(22-14)11-3-5-12(16)6-4-11/h3-6H,2,7-10H2,1H3. The number of likely N-dealkylation sites (N-methyl/N-ethyl adjacent to an activating group) is 1. The van der Waals surface area contributed by atoms with Crippen molar-refractivity contribution in [3.05, 3.63) is 36.0 Å². The van der Waals surface area contributed by atoms with E-state index in [9.17, 15) is 9.18 Å². The lowest BCUT2D eigenvalue weighted by atomic mass is 10.2. The number of rotatable bonds is 3. The van der Waals surface area contributed by atoms with Crippen LogP contribution in [-0.2, 0) is 0 Å². The maximum atomic E-state index is 12.9. The lowest BCUT2D eigenvalue weighted by Crippen LogP contribution is -2.48. The summed E-state index contributed by atoms with van der Waals surface area (Å²) >= 11 is 0. The molecule has 0 N–H and O–H groups in total. The van der Waals surface area contributed by atoms with E-state index >= 15 is 0 Å². The molecule has 7 heteroatoms. The fourth-order valence-corrected chi connectivity index (χ4v) is 2.42. The molecule has 1 aliphatic rings. The Kier molecular flexibility index (Phi) is 4.15. The SMILES string of the molecule is CCN1CCN(C(=O)c2nnc(-c3ccc(F)cc3)o2)CC1. The Hall–Kier alpha value is -2.28. The van der Waals surface area contributed by atoms with Gasteiger partial charge in [-0.1, -0.05) is 6.92 Å². The molecule has 3 rings (SSSR count). The highest BCUT2D eigenvalue weighted by atomic mass is 19.1. The lowest BCUT2D eigenvalue weighted by molar-refractivity contribution is 0.0605. The Labute approximate surface area is 127 Å². The van der Waals surface area contributed by atoms with E-state index in [1.54, 1.807) is 4.90 Å². The van der Waals surface area contributed by atoms with Crippen LogP contribution >= 0.6 is 0 Å². The van der Waals surface area contributed by atoms with E-state index in [1.165, 1.54) is 24.3 Å². The second-order valence-electron chi connectivity index (χ2n) is 5.15. The first-order chi connectivity index (χ1) is 10.7. The van der Waals surface area contributed by atoms with E-state index in [2.05, 4.69) is 22.0 Å². The van der Waals surface area contributed by atoms with Gasteiger partial charge < -0.3 is 14.2 Å². The monoisotopic (exact) mass is 304 g/mol. The van der Waals surface area contributed by atoms with Crippen molar-refractivity contribution >= 4 is 5.91 Å². The minimum Gasteiger partial charge on any atom is -0.412 e. The Morgan fingerprint density at radius 3 is 2.50 bits per heavy atom. The molecule has 1 aromatic carbocycles. The predicted octanol–water partition coefficient (Wildman–Crippen LogP) is 1.65. The van der Waals surface area contributed by atoms with Gasteiger partial charge in [-0.3, -0.25) is 4.79 Å². The molecule has 2 aromatic rings. The average Bonchev–Trinajstić information content (AvgIpc) is 3.05. The van der Waals surface area contributed by atoms with E-state index in [1.807, 2.05) is 0 Å². The number of amides is 1. The van der Waals surface area contributed by atoms with Gasteiger partial charge in [0.05, 0.1) is 0 Å². The Bertz CT molecular complexity index is 648. The number of piperazine rings is 1. The molecule has 2 heterocycles. The molecule has 1 fully saturated rings. The van der Waals surface area contributed by atoms with E-state index < -0.39 is 0 Å². The first-order valence-corrected chi connectivity index (χ1v) is 7.28. The minimum absolute atomic E-state index is 0.0238. The molecule has 0 bridgehead atoms. The second kappa shape index (κ2) is 6.23. The number of carbonyl (C=O) groups excluding carboxylic acids is 1. The molecule has 1 saturated heterocycles. The lowest BCUT2D eigenvalue weighted by Gasteiger charge is -2.33. The van der Waals surface area contributed by atoms with Crippen LogP contribution in [0.3, 0.4) is 0 Å². The van der Waals surface area contributed by atoms with Crippen LogP contribution in [0, 0.1) is 5.82 Å². The number of aromatic nitrogens is 2. The summed E-state index contributed by atoms with van der Waals surface area (Å²) in [6, 6.07) is 5.70. The number of hydrogen-bond donors (Lipinski definition) is 0. The molecule has 1 aromatic heterocycles. The van der Waals surface area contributed by atoms with Crippen LogP contribution in [0.25, 0.3) is 11.5 Å². The third kappa shape index (κ3) is 2.99. The number of carbonyl (C=O) groups is 1. The summed E-state index contributed by atoms with van der Waals surface area (Å²) in [5, 5.41) is 7.68. The summed E-state index contributed by atoms with van der Waals surface area (Å²) < 4.78 is 18.3. The van der Waals surface area contributed by atoms with E-state index in [-0.39, 0.29) is 23.5 Å². The van der Waals surface area contributed by atoms with Gasteiger partial charge in [-0.2, -0.15) is 0 Å². The van der Waals surface area contributed by atoms with Crippen LogP contribution in [0.5, 0.6) is 0 Å². The summed E-state index contributed by atoms with van der Waals surface area (Å²) in [5.41, 5.74) is 0.587. The van der Waals surface area contributed by atoms with Crippen LogP contribution in [0.1, 0.15) is 17.6 Å². The molecule has 0 radical (unpaired) electrons. The molecule has 0 atom stereocenters. The van der Waals surface area contributed by atoms with Gasteiger partial charge in [0, 0.05) is 31.7 Å². The normalized spacial score (nSPS) is 16.0. The third-order valence-corrected chi connectivity index (χ3v) is 3.81. The van der Waals surface area contributed by atoms with Crippen molar-refractivity contribution in [3.63, 3.8) is 0 Å². The number of benzene rings is 1. The van der Waals surface area contributed by atoms with Crippen molar-refractivity contribution in [3.8, 4) is 11.5 Å². The quantitative estimate of drug-likeness (QED) is 0.863. The van der Waals surface area contributed by atoms with Gasteiger partial charge in [0.2, 0.25) is 5.89 Å². The van der Waals surface area contributed by atoms with Crippen LogP contribution in [-0.4, -0.2) is 58.6 Å². The van der Waals surface area contributed by atoms with Crippen molar-refractivity contribution in [2.75, 3.05) is 32.7 Å². The fraction of sp³-hybridized carbons (Fsp3) is 0.400. The molecule has 0 aliphatic carbocycles. The Morgan fingerprint density at radius 2 is 1.86 bits per heavy atom. The molecule has 0 unspecified atom stereocenters. The molecule has 22 heavy (non-hydrogen) atoms. The zero-order valence-corrected chi connectivity index (χ0v) is 12.3. The van der Waals surface area contributed by atoms with Gasteiger partial charge in [0.25, 0.3) is 0 Å². The van der Waals surface area contributed by atoms with Crippen LogP contribution in [0.2, 0.25) is 0 Å². The molecule has 1 amide bonds. The molecule has 1 aliphatic heterocycles. The van der Waals surface area contributed by atoms with Gasteiger partial charge in [-0.05, 0) is 30.8 Å². The van der Waals surface area contributed by atoms with Crippen molar-refractivity contribution < 1.29 is 13.6 Å². The highest BCUT2D eigenvalue weighted by molar-refractivity contribution is 5.89. The summed E-state index contributed by atoms with van der Waals surface area (Å²) in [5.74, 6) is -0.398. The van der Waals surface area contributed by atoms with Gasteiger partial charge in [0.15, 0.2) is 0 Å². The second-order valence-corrected chi connectivity index (χ2v) is 5.15. The molecule has 0 saturated carbocycles. The van der Waals surface area contributed by atoms with Crippen molar-refractivity contribution in [2.45, 2.75) is 6.92 Å².